The summed E-state index contributed by atoms with van der Waals surface area (Å²) >= 11 is 0. The second-order valence-electron chi connectivity index (χ2n) is 5.48. The predicted molar refractivity (Wildman–Crippen MR) is 82.1 cm³/mol. The van der Waals surface area contributed by atoms with Crippen LogP contribution in [0.2, 0.25) is 0 Å². The lowest BCUT2D eigenvalue weighted by Gasteiger charge is -2.20. The molecule has 3 rings (SSSR count). The minimum atomic E-state index is -2.87. The Morgan fingerprint density at radius 2 is 2.10 bits per heavy atom. The summed E-state index contributed by atoms with van der Waals surface area (Å²) in [7, 11) is -1.00. The monoisotopic (exact) mass is 305 g/mol. The van der Waals surface area contributed by atoms with Gasteiger partial charge in [-0.3, -0.25) is 0 Å². The second-order valence-corrected chi connectivity index (χ2v) is 7.71. The van der Waals surface area contributed by atoms with Crippen LogP contribution in [0.5, 0.6) is 0 Å². The number of benzene rings is 1. The SMILES string of the molecule is CNC(c1cnn(-c2ccccc2)c1)C1CCS(=O)(=O)C1. The van der Waals surface area contributed by atoms with Crippen LogP contribution in [0.3, 0.4) is 0 Å². The lowest BCUT2D eigenvalue weighted by Crippen LogP contribution is -2.25. The summed E-state index contributed by atoms with van der Waals surface area (Å²) in [5, 5.41) is 7.64. The Bertz CT molecular complexity index is 710. The van der Waals surface area contributed by atoms with Crippen molar-refractivity contribution in [1.82, 2.24) is 15.1 Å². The van der Waals surface area contributed by atoms with Crippen molar-refractivity contribution in [2.24, 2.45) is 5.92 Å². The summed E-state index contributed by atoms with van der Waals surface area (Å²) in [5.74, 6) is 0.672. The van der Waals surface area contributed by atoms with E-state index < -0.39 is 9.84 Å². The molecule has 0 saturated carbocycles. The van der Waals surface area contributed by atoms with Gasteiger partial charge < -0.3 is 5.32 Å². The van der Waals surface area contributed by atoms with Crippen molar-refractivity contribution in [2.75, 3.05) is 18.6 Å². The van der Waals surface area contributed by atoms with Crippen molar-refractivity contribution in [1.29, 1.82) is 0 Å². The minimum Gasteiger partial charge on any atom is -0.313 e. The first-order valence-electron chi connectivity index (χ1n) is 7.07. The first-order chi connectivity index (χ1) is 10.1. The highest BCUT2D eigenvalue weighted by atomic mass is 32.2. The topological polar surface area (TPSA) is 64.0 Å². The van der Waals surface area contributed by atoms with Crippen LogP contribution in [0.4, 0.5) is 0 Å². The Labute approximate surface area is 124 Å². The van der Waals surface area contributed by atoms with Gasteiger partial charge in [0, 0.05) is 17.8 Å². The number of sulfone groups is 1. The molecule has 5 nitrogen and oxygen atoms in total. The van der Waals surface area contributed by atoms with Gasteiger partial charge >= 0.3 is 0 Å². The van der Waals surface area contributed by atoms with E-state index in [1.54, 1.807) is 0 Å². The third-order valence-electron chi connectivity index (χ3n) is 4.03. The van der Waals surface area contributed by atoms with E-state index in [2.05, 4.69) is 10.4 Å². The van der Waals surface area contributed by atoms with Crippen LogP contribution in [-0.4, -0.2) is 36.8 Å². The van der Waals surface area contributed by atoms with Gasteiger partial charge in [-0.15, -0.1) is 0 Å². The zero-order valence-corrected chi connectivity index (χ0v) is 12.8. The van der Waals surface area contributed by atoms with E-state index in [4.69, 9.17) is 0 Å². The molecular formula is C15H19N3O2S. The number of hydrogen-bond acceptors (Lipinski definition) is 4. The molecule has 0 radical (unpaired) electrons. The molecule has 2 aromatic rings. The molecular weight excluding hydrogens is 286 g/mol. The van der Waals surface area contributed by atoms with Crippen LogP contribution < -0.4 is 5.32 Å². The van der Waals surface area contributed by atoms with Crippen LogP contribution in [0, 0.1) is 5.92 Å². The normalized spacial score (nSPS) is 22.2. The number of aromatic nitrogens is 2. The van der Waals surface area contributed by atoms with E-state index >= 15 is 0 Å². The Kier molecular flexibility index (Phi) is 3.82. The van der Waals surface area contributed by atoms with Crippen molar-refractivity contribution in [2.45, 2.75) is 12.5 Å². The average Bonchev–Trinajstić information content (AvgIpc) is 3.08. The summed E-state index contributed by atoms with van der Waals surface area (Å²) < 4.78 is 25.2. The molecule has 2 heterocycles. The summed E-state index contributed by atoms with van der Waals surface area (Å²) in [5.41, 5.74) is 2.03. The van der Waals surface area contributed by atoms with E-state index in [1.165, 1.54) is 0 Å². The van der Waals surface area contributed by atoms with Gasteiger partial charge in [0.1, 0.15) is 0 Å². The maximum atomic E-state index is 11.7. The van der Waals surface area contributed by atoms with Gasteiger partial charge in [0.05, 0.1) is 23.4 Å². The first kappa shape index (κ1) is 14.3. The molecule has 0 spiro atoms. The van der Waals surface area contributed by atoms with Gasteiger partial charge in [0.25, 0.3) is 0 Å². The van der Waals surface area contributed by atoms with Gasteiger partial charge in [-0.25, -0.2) is 13.1 Å². The van der Waals surface area contributed by atoms with Crippen LogP contribution in [0.15, 0.2) is 42.7 Å². The average molecular weight is 305 g/mol. The molecule has 21 heavy (non-hydrogen) atoms. The van der Waals surface area contributed by atoms with E-state index in [0.29, 0.717) is 12.2 Å². The maximum absolute atomic E-state index is 11.7. The van der Waals surface area contributed by atoms with Crippen molar-refractivity contribution in [3.8, 4) is 5.69 Å². The number of nitrogens with zero attached hydrogens (tertiary/aromatic N) is 2. The highest BCUT2D eigenvalue weighted by molar-refractivity contribution is 7.91. The zero-order chi connectivity index (χ0) is 14.9. The van der Waals surface area contributed by atoms with Crippen molar-refractivity contribution in [3.63, 3.8) is 0 Å². The molecule has 0 aliphatic carbocycles. The van der Waals surface area contributed by atoms with Crippen LogP contribution in [0.25, 0.3) is 5.69 Å². The molecule has 2 unspecified atom stereocenters. The molecule has 1 fully saturated rings. The molecule has 0 amide bonds. The zero-order valence-electron chi connectivity index (χ0n) is 11.9. The summed E-state index contributed by atoms with van der Waals surface area (Å²) in [4.78, 5) is 0. The Hall–Kier alpha value is -1.66. The van der Waals surface area contributed by atoms with Crippen LogP contribution >= 0.6 is 0 Å². The fraction of sp³-hybridized carbons (Fsp3) is 0.400. The van der Waals surface area contributed by atoms with Gasteiger partial charge in [0.2, 0.25) is 0 Å². The molecule has 1 aromatic carbocycles. The second kappa shape index (κ2) is 5.61. The molecule has 1 saturated heterocycles. The Balaban J connectivity index is 1.84. The lowest BCUT2D eigenvalue weighted by atomic mass is 9.95. The fourth-order valence-electron chi connectivity index (χ4n) is 2.98. The third-order valence-corrected chi connectivity index (χ3v) is 5.83. The number of nitrogens with one attached hydrogen (secondary N) is 1. The predicted octanol–water partition coefficient (Wildman–Crippen LogP) is 1.57. The van der Waals surface area contributed by atoms with Crippen LogP contribution in [0.1, 0.15) is 18.0 Å². The molecule has 1 aliphatic heterocycles. The van der Waals surface area contributed by atoms with Gasteiger partial charge in [-0.2, -0.15) is 5.10 Å². The summed E-state index contributed by atoms with van der Waals surface area (Å²) in [6.45, 7) is 0. The van der Waals surface area contributed by atoms with Gasteiger partial charge in [-0.1, -0.05) is 18.2 Å². The number of hydrogen-bond donors (Lipinski definition) is 1. The molecule has 6 heteroatoms. The molecule has 1 N–H and O–H groups in total. The highest BCUT2D eigenvalue weighted by Crippen LogP contribution is 2.31. The molecule has 112 valence electrons. The van der Waals surface area contributed by atoms with Gasteiger partial charge in [0.15, 0.2) is 9.84 Å². The standard InChI is InChI=1S/C15H19N3O2S/c1-16-15(12-7-8-21(19,20)11-12)13-9-17-18(10-13)14-5-3-2-4-6-14/h2-6,9-10,12,15-16H,7-8,11H2,1H3. The van der Waals surface area contributed by atoms with Gasteiger partial charge in [-0.05, 0) is 31.5 Å². The quantitative estimate of drug-likeness (QED) is 0.931. The highest BCUT2D eigenvalue weighted by Gasteiger charge is 2.34. The molecule has 0 bridgehead atoms. The van der Waals surface area contributed by atoms with Crippen LogP contribution in [-0.2, 0) is 9.84 Å². The summed E-state index contributed by atoms with van der Waals surface area (Å²) in [6.07, 6.45) is 4.50. The largest absolute Gasteiger partial charge is 0.313 e. The Morgan fingerprint density at radius 1 is 1.33 bits per heavy atom. The first-order valence-corrected chi connectivity index (χ1v) is 8.89. The maximum Gasteiger partial charge on any atom is 0.150 e. The van der Waals surface area contributed by atoms with E-state index in [0.717, 1.165) is 11.3 Å². The summed E-state index contributed by atoms with van der Waals surface area (Å²) in [6, 6.07) is 9.91. The number of rotatable bonds is 4. The van der Waals surface area contributed by atoms with Crippen molar-refractivity contribution >= 4 is 9.84 Å². The lowest BCUT2D eigenvalue weighted by molar-refractivity contribution is 0.418. The van der Waals surface area contributed by atoms with E-state index in [-0.39, 0.29) is 17.7 Å². The van der Waals surface area contributed by atoms with Crippen molar-refractivity contribution in [3.05, 3.63) is 48.3 Å². The molecule has 1 aromatic heterocycles. The molecule has 2 atom stereocenters. The smallest absolute Gasteiger partial charge is 0.150 e. The van der Waals surface area contributed by atoms with Crippen molar-refractivity contribution < 1.29 is 8.42 Å². The Morgan fingerprint density at radius 3 is 2.71 bits per heavy atom. The third kappa shape index (κ3) is 3.01. The fourth-order valence-corrected chi connectivity index (χ4v) is 4.82. The number of para-hydroxylation sites is 1. The molecule has 1 aliphatic rings. The minimum absolute atomic E-state index is 0.0275. The van der Waals surface area contributed by atoms with E-state index in [1.807, 2.05) is 54.5 Å². The van der Waals surface area contributed by atoms with E-state index in [9.17, 15) is 8.42 Å².